The maximum atomic E-state index is 11.8. The van der Waals surface area contributed by atoms with Crippen molar-refractivity contribution in [3.05, 3.63) is 35.9 Å². The van der Waals surface area contributed by atoms with Gasteiger partial charge in [-0.05, 0) is 18.6 Å². The van der Waals surface area contributed by atoms with E-state index in [1.165, 1.54) is 77.0 Å². The Bertz CT molecular complexity index is 522. The largest absolute Gasteiger partial charge is 1.00 e. The van der Waals surface area contributed by atoms with Gasteiger partial charge in [0.2, 0.25) is 0 Å². The van der Waals surface area contributed by atoms with Crippen LogP contribution in [0, 0.1) is 0 Å². The van der Waals surface area contributed by atoms with Crippen LogP contribution in [-0.4, -0.2) is 11.9 Å². The molecule has 0 heterocycles. The molecule has 0 fully saturated rings. The van der Waals surface area contributed by atoms with Crippen LogP contribution in [0.2, 0.25) is 0 Å². The SMILES string of the molecule is CCCCCCCCCCCCCCCCCC(=O)OC(=O)c1ccccc1.[H-].[Na+]. The minimum atomic E-state index is -0.549. The van der Waals surface area contributed by atoms with Gasteiger partial charge < -0.3 is 6.16 Å². The van der Waals surface area contributed by atoms with Crippen molar-refractivity contribution in [1.29, 1.82) is 0 Å². The van der Waals surface area contributed by atoms with Crippen molar-refractivity contribution in [2.24, 2.45) is 0 Å². The number of hydrogen-bond donors (Lipinski definition) is 0. The second kappa shape index (κ2) is 20.6. The third-order valence-electron chi connectivity index (χ3n) is 5.20. The van der Waals surface area contributed by atoms with E-state index in [0.29, 0.717) is 12.0 Å². The Labute approximate surface area is 202 Å². The number of carbonyl (C=O) groups is 2. The molecule has 3 nitrogen and oxygen atoms in total. The number of benzene rings is 1. The topological polar surface area (TPSA) is 43.4 Å². The van der Waals surface area contributed by atoms with E-state index in [1.54, 1.807) is 24.3 Å². The molecule has 4 heteroatoms. The van der Waals surface area contributed by atoms with Gasteiger partial charge in [0.15, 0.2) is 0 Å². The molecule has 1 aromatic carbocycles. The number of rotatable bonds is 17. The molecule has 0 aliphatic heterocycles. The van der Waals surface area contributed by atoms with Crippen LogP contribution in [0.5, 0.6) is 0 Å². The van der Waals surface area contributed by atoms with E-state index in [1.807, 2.05) is 6.07 Å². The molecule has 0 saturated heterocycles. The van der Waals surface area contributed by atoms with Gasteiger partial charge in [0, 0.05) is 6.42 Å². The third kappa shape index (κ3) is 16.8. The molecule has 1 rings (SSSR count). The minimum absolute atomic E-state index is 0. The van der Waals surface area contributed by atoms with E-state index in [-0.39, 0.29) is 31.0 Å². The summed E-state index contributed by atoms with van der Waals surface area (Å²) in [5, 5.41) is 0. The summed E-state index contributed by atoms with van der Waals surface area (Å²) in [5.41, 5.74) is 0.423. The fourth-order valence-corrected chi connectivity index (χ4v) is 3.43. The van der Waals surface area contributed by atoms with Gasteiger partial charge in [0.25, 0.3) is 0 Å². The van der Waals surface area contributed by atoms with E-state index < -0.39 is 11.9 Å². The molecule has 0 atom stereocenters. The van der Waals surface area contributed by atoms with Gasteiger partial charge in [0.1, 0.15) is 0 Å². The molecule has 0 spiro atoms. The van der Waals surface area contributed by atoms with Crippen LogP contribution in [0.4, 0.5) is 0 Å². The van der Waals surface area contributed by atoms with Gasteiger partial charge in [-0.15, -0.1) is 0 Å². The van der Waals surface area contributed by atoms with Crippen LogP contribution < -0.4 is 29.6 Å². The van der Waals surface area contributed by atoms with Crippen LogP contribution in [0.3, 0.4) is 0 Å². The number of carbonyl (C=O) groups excluding carboxylic acids is 2. The van der Waals surface area contributed by atoms with Crippen LogP contribution >= 0.6 is 0 Å². The maximum absolute atomic E-state index is 11.8. The Balaban J connectivity index is 0. The predicted octanol–water partition coefficient (Wildman–Crippen LogP) is 4.75. The molecule has 1 aromatic rings. The van der Waals surface area contributed by atoms with E-state index in [0.717, 1.165) is 19.3 Å². The molecule has 0 N–H and O–H groups in total. The van der Waals surface area contributed by atoms with Crippen LogP contribution in [0.1, 0.15) is 121 Å². The minimum Gasteiger partial charge on any atom is -1.00 e. The fourth-order valence-electron chi connectivity index (χ4n) is 3.43. The molecule has 0 unspecified atom stereocenters. The fraction of sp³-hybridized carbons (Fsp3) is 0.680. The molecule has 0 aliphatic rings. The molecule has 0 aromatic heterocycles. The van der Waals surface area contributed by atoms with Crippen LogP contribution in [-0.2, 0) is 9.53 Å². The van der Waals surface area contributed by atoms with Gasteiger partial charge >= 0.3 is 41.5 Å². The van der Waals surface area contributed by atoms with Gasteiger partial charge in [0.05, 0.1) is 5.56 Å². The van der Waals surface area contributed by atoms with E-state index in [2.05, 4.69) is 6.92 Å². The number of esters is 2. The van der Waals surface area contributed by atoms with Gasteiger partial charge in [-0.3, -0.25) is 4.79 Å². The summed E-state index contributed by atoms with van der Waals surface area (Å²) in [7, 11) is 0. The Morgan fingerprint density at radius 3 is 1.55 bits per heavy atom. The molecule has 0 saturated carbocycles. The first-order valence-electron chi connectivity index (χ1n) is 11.5. The summed E-state index contributed by atoms with van der Waals surface area (Å²) in [6.45, 7) is 2.27. The monoisotopic (exact) mass is 412 g/mol. The van der Waals surface area contributed by atoms with E-state index >= 15 is 0 Å². The summed E-state index contributed by atoms with van der Waals surface area (Å²) < 4.78 is 4.88. The average molecular weight is 413 g/mol. The molecule has 29 heavy (non-hydrogen) atoms. The quantitative estimate of drug-likeness (QED) is 0.161. The van der Waals surface area contributed by atoms with Crippen molar-refractivity contribution in [3.8, 4) is 0 Å². The Morgan fingerprint density at radius 1 is 0.690 bits per heavy atom. The van der Waals surface area contributed by atoms with Gasteiger partial charge in [-0.2, -0.15) is 0 Å². The maximum Gasteiger partial charge on any atom is 1.00 e. The van der Waals surface area contributed by atoms with Crippen LogP contribution in [0.25, 0.3) is 0 Å². The molecule has 0 aliphatic carbocycles. The zero-order valence-corrected chi connectivity index (χ0v) is 20.9. The first-order valence-corrected chi connectivity index (χ1v) is 11.5. The summed E-state index contributed by atoms with van der Waals surface area (Å²) >= 11 is 0. The molecule has 0 bridgehead atoms. The normalized spacial score (nSPS) is 10.4. The second-order valence-electron chi connectivity index (χ2n) is 7.83. The summed E-state index contributed by atoms with van der Waals surface area (Å²) in [6.07, 6.45) is 19.7. The standard InChI is InChI=1S/C25H40O3.Na.H/c1-2-3-4-5-6-7-8-9-10-11-12-13-14-15-19-22-24(26)28-25(27)23-20-17-16-18-21-23;;/h16-18,20-21H,2-15,19,22H2,1H3;;/q;+1;-1. The van der Waals surface area contributed by atoms with Crippen molar-refractivity contribution >= 4 is 11.9 Å². The average Bonchev–Trinajstić information content (AvgIpc) is 2.71. The van der Waals surface area contributed by atoms with Crippen LogP contribution in [0.15, 0.2) is 30.3 Å². The molecular formula is C25H41NaO3. The molecule has 0 amide bonds. The summed E-state index contributed by atoms with van der Waals surface area (Å²) in [5.74, 6) is -0.963. The summed E-state index contributed by atoms with van der Waals surface area (Å²) in [4.78, 5) is 23.5. The van der Waals surface area contributed by atoms with Crippen molar-refractivity contribution in [2.45, 2.75) is 110 Å². The Morgan fingerprint density at radius 2 is 1.10 bits per heavy atom. The first kappa shape index (κ1) is 28.4. The summed E-state index contributed by atoms with van der Waals surface area (Å²) in [6, 6.07) is 8.66. The number of unbranched alkanes of at least 4 members (excludes halogenated alkanes) is 14. The smallest absolute Gasteiger partial charge is 1.00 e. The molecule has 160 valence electrons. The van der Waals surface area contributed by atoms with Gasteiger partial charge in [-0.1, -0.05) is 115 Å². The third-order valence-corrected chi connectivity index (χ3v) is 5.20. The molecule has 0 radical (unpaired) electrons. The predicted molar refractivity (Wildman–Crippen MR) is 118 cm³/mol. The van der Waals surface area contributed by atoms with Crippen molar-refractivity contribution in [3.63, 3.8) is 0 Å². The first-order chi connectivity index (χ1) is 13.7. The number of ether oxygens (including phenoxy) is 1. The zero-order chi connectivity index (χ0) is 20.3. The van der Waals surface area contributed by atoms with Gasteiger partial charge in [-0.25, -0.2) is 4.79 Å². The van der Waals surface area contributed by atoms with Crippen molar-refractivity contribution in [2.75, 3.05) is 0 Å². The second-order valence-corrected chi connectivity index (χ2v) is 7.83. The van der Waals surface area contributed by atoms with Crippen molar-refractivity contribution in [1.82, 2.24) is 0 Å². The Kier molecular flexibility index (Phi) is 20.2. The number of hydrogen-bond acceptors (Lipinski definition) is 3. The van der Waals surface area contributed by atoms with E-state index in [9.17, 15) is 9.59 Å². The Hall–Kier alpha value is -0.640. The molecular weight excluding hydrogens is 371 g/mol. The van der Waals surface area contributed by atoms with E-state index in [4.69, 9.17) is 4.74 Å². The zero-order valence-electron chi connectivity index (χ0n) is 19.9. The van der Waals surface area contributed by atoms with Crippen molar-refractivity contribution < 1.29 is 45.3 Å².